The molecular weight excluding hydrogens is 228 g/mol. The minimum Gasteiger partial charge on any atom is -0.426 e. The zero-order chi connectivity index (χ0) is 12.3. The van der Waals surface area contributed by atoms with Crippen molar-refractivity contribution in [1.29, 1.82) is 0 Å². The Hall–Kier alpha value is -1.59. The minimum absolute atomic E-state index is 0.00212. The molecule has 0 atom stereocenters. The molecule has 0 aliphatic heterocycles. The average molecular weight is 236 g/mol. The summed E-state index contributed by atoms with van der Waals surface area (Å²) in [5.41, 5.74) is -1.19. The molecule has 0 aliphatic carbocycles. The molecule has 0 saturated carbocycles. The summed E-state index contributed by atoms with van der Waals surface area (Å²) in [5, 5.41) is 0. The van der Waals surface area contributed by atoms with E-state index in [2.05, 4.69) is 4.74 Å². The Morgan fingerprint density at radius 1 is 1.31 bits per heavy atom. The maximum Gasteiger partial charge on any atom is 0.416 e. The van der Waals surface area contributed by atoms with Crippen molar-refractivity contribution in [3.8, 4) is 5.75 Å². The van der Waals surface area contributed by atoms with Gasteiger partial charge in [0.05, 0.1) is 5.56 Å². The topological polar surface area (TPSA) is 26.3 Å². The summed E-state index contributed by atoms with van der Waals surface area (Å²) < 4.78 is 54.1. The number of carbonyl (C=O) groups excluding carboxylic acids is 1. The van der Waals surface area contributed by atoms with Crippen molar-refractivity contribution in [2.45, 2.75) is 19.5 Å². The molecular formula is C10H8F4O2. The van der Waals surface area contributed by atoms with Crippen molar-refractivity contribution in [2.24, 2.45) is 0 Å². The number of hydrogen-bond acceptors (Lipinski definition) is 2. The number of halogens is 4. The van der Waals surface area contributed by atoms with Gasteiger partial charge >= 0.3 is 12.1 Å². The molecule has 6 heteroatoms. The number of ether oxygens (including phenoxy) is 1. The maximum atomic E-state index is 12.8. The lowest BCUT2D eigenvalue weighted by Gasteiger charge is -2.09. The van der Waals surface area contributed by atoms with Gasteiger partial charge in [0.15, 0.2) is 0 Å². The van der Waals surface area contributed by atoms with E-state index in [1.807, 2.05) is 0 Å². The predicted octanol–water partition coefficient (Wildman–Crippen LogP) is 3.16. The molecule has 0 spiro atoms. The largest absolute Gasteiger partial charge is 0.426 e. The second-order valence-electron chi connectivity index (χ2n) is 3.00. The van der Waals surface area contributed by atoms with E-state index < -0.39 is 29.3 Å². The Balaban J connectivity index is 3.04. The Kier molecular flexibility index (Phi) is 3.51. The standard InChI is InChI=1S/C10H8F4O2/c1-2-9(15)16-8-4-6(10(12,13)14)3-7(11)5-8/h3-5H,2H2,1H3. The van der Waals surface area contributed by atoms with Crippen LogP contribution in [0.2, 0.25) is 0 Å². The van der Waals surface area contributed by atoms with E-state index in [-0.39, 0.29) is 6.42 Å². The van der Waals surface area contributed by atoms with Crippen LogP contribution < -0.4 is 4.74 Å². The van der Waals surface area contributed by atoms with Crippen LogP contribution in [0.25, 0.3) is 0 Å². The first-order valence-electron chi connectivity index (χ1n) is 4.41. The second-order valence-corrected chi connectivity index (χ2v) is 3.00. The maximum absolute atomic E-state index is 12.8. The molecule has 0 heterocycles. The fourth-order valence-corrected chi connectivity index (χ4v) is 0.989. The highest BCUT2D eigenvalue weighted by atomic mass is 19.4. The van der Waals surface area contributed by atoms with E-state index in [1.165, 1.54) is 6.92 Å². The van der Waals surface area contributed by atoms with Gasteiger partial charge < -0.3 is 4.74 Å². The molecule has 0 radical (unpaired) electrons. The summed E-state index contributed by atoms with van der Waals surface area (Å²) in [6.45, 7) is 1.48. The third-order valence-corrected chi connectivity index (χ3v) is 1.72. The third-order valence-electron chi connectivity index (χ3n) is 1.72. The van der Waals surface area contributed by atoms with E-state index in [0.717, 1.165) is 6.07 Å². The number of benzene rings is 1. The van der Waals surface area contributed by atoms with Crippen LogP contribution in [0.5, 0.6) is 5.75 Å². The van der Waals surface area contributed by atoms with Gasteiger partial charge in [0.1, 0.15) is 11.6 Å². The molecule has 1 aromatic rings. The quantitative estimate of drug-likeness (QED) is 0.448. The Morgan fingerprint density at radius 3 is 2.44 bits per heavy atom. The van der Waals surface area contributed by atoms with Crippen molar-refractivity contribution in [3.63, 3.8) is 0 Å². The average Bonchev–Trinajstić information content (AvgIpc) is 2.15. The van der Waals surface area contributed by atoms with Gasteiger partial charge in [0.25, 0.3) is 0 Å². The summed E-state index contributed by atoms with van der Waals surface area (Å²) in [6.07, 6.45) is -4.67. The first-order chi connectivity index (χ1) is 7.32. The summed E-state index contributed by atoms with van der Waals surface area (Å²) in [6, 6.07) is 1.64. The summed E-state index contributed by atoms with van der Waals surface area (Å²) in [4.78, 5) is 10.8. The molecule has 0 unspecified atom stereocenters. The molecule has 2 nitrogen and oxygen atoms in total. The predicted molar refractivity (Wildman–Crippen MR) is 47.3 cm³/mol. The normalized spacial score (nSPS) is 11.3. The van der Waals surface area contributed by atoms with Gasteiger partial charge in [-0.25, -0.2) is 4.39 Å². The zero-order valence-electron chi connectivity index (χ0n) is 8.27. The first-order valence-corrected chi connectivity index (χ1v) is 4.41. The van der Waals surface area contributed by atoms with Crippen LogP contribution in [0.3, 0.4) is 0 Å². The molecule has 0 amide bonds. The fourth-order valence-electron chi connectivity index (χ4n) is 0.989. The van der Waals surface area contributed by atoms with E-state index in [4.69, 9.17) is 0 Å². The van der Waals surface area contributed by atoms with Gasteiger partial charge in [-0.1, -0.05) is 6.92 Å². The lowest BCUT2D eigenvalue weighted by molar-refractivity contribution is -0.139. The zero-order valence-corrected chi connectivity index (χ0v) is 8.27. The lowest BCUT2D eigenvalue weighted by atomic mass is 10.2. The SMILES string of the molecule is CCC(=O)Oc1cc(F)cc(C(F)(F)F)c1. The molecule has 88 valence electrons. The van der Waals surface area contributed by atoms with Gasteiger partial charge in [0.2, 0.25) is 0 Å². The lowest BCUT2D eigenvalue weighted by Crippen LogP contribution is -2.09. The first kappa shape index (κ1) is 12.5. The minimum atomic E-state index is -4.67. The molecule has 0 N–H and O–H groups in total. The monoisotopic (exact) mass is 236 g/mol. The highest BCUT2D eigenvalue weighted by molar-refractivity contribution is 5.71. The smallest absolute Gasteiger partial charge is 0.416 e. The van der Waals surface area contributed by atoms with Crippen LogP contribution in [0.4, 0.5) is 17.6 Å². The molecule has 0 saturated heterocycles. The summed E-state index contributed by atoms with van der Waals surface area (Å²) in [7, 11) is 0. The van der Waals surface area contributed by atoms with Gasteiger partial charge in [-0.05, 0) is 12.1 Å². The van der Waals surface area contributed by atoms with Crippen molar-refractivity contribution >= 4 is 5.97 Å². The van der Waals surface area contributed by atoms with Crippen molar-refractivity contribution < 1.29 is 27.1 Å². The highest BCUT2D eigenvalue weighted by Gasteiger charge is 2.31. The Bertz CT molecular complexity index is 398. The summed E-state index contributed by atoms with van der Waals surface area (Å²) in [5.74, 6) is -2.27. The highest BCUT2D eigenvalue weighted by Crippen LogP contribution is 2.32. The Labute approximate surface area is 88.8 Å². The number of esters is 1. The molecule has 0 aliphatic rings. The summed E-state index contributed by atoms with van der Waals surface area (Å²) >= 11 is 0. The molecule has 1 aromatic carbocycles. The van der Waals surface area contributed by atoms with Gasteiger partial charge in [-0.15, -0.1) is 0 Å². The fraction of sp³-hybridized carbons (Fsp3) is 0.300. The van der Waals surface area contributed by atoms with Crippen molar-refractivity contribution in [2.75, 3.05) is 0 Å². The molecule has 0 aromatic heterocycles. The van der Waals surface area contributed by atoms with Crippen LogP contribution in [0.15, 0.2) is 18.2 Å². The van der Waals surface area contributed by atoms with E-state index in [1.54, 1.807) is 0 Å². The molecule has 0 bridgehead atoms. The van der Waals surface area contributed by atoms with Crippen molar-refractivity contribution in [1.82, 2.24) is 0 Å². The molecule has 16 heavy (non-hydrogen) atoms. The van der Waals surface area contributed by atoms with Gasteiger partial charge in [-0.2, -0.15) is 13.2 Å². The van der Waals surface area contributed by atoms with E-state index in [9.17, 15) is 22.4 Å². The number of rotatable bonds is 2. The number of alkyl halides is 3. The van der Waals surface area contributed by atoms with Crippen LogP contribution in [-0.2, 0) is 11.0 Å². The van der Waals surface area contributed by atoms with Crippen LogP contribution in [0.1, 0.15) is 18.9 Å². The number of hydrogen-bond donors (Lipinski definition) is 0. The van der Waals surface area contributed by atoms with Crippen molar-refractivity contribution in [3.05, 3.63) is 29.6 Å². The molecule has 1 rings (SSSR count). The van der Waals surface area contributed by atoms with Crippen LogP contribution in [-0.4, -0.2) is 5.97 Å². The van der Waals surface area contributed by atoms with E-state index in [0.29, 0.717) is 12.1 Å². The van der Waals surface area contributed by atoms with Crippen LogP contribution in [0, 0.1) is 5.82 Å². The second kappa shape index (κ2) is 4.51. The number of carbonyl (C=O) groups is 1. The third kappa shape index (κ3) is 3.22. The van der Waals surface area contributed by atoms with Gasteiger partial charge in [-0.3, -0.25) is 4.79 Å². The van der Waals surface area contributed by atoms with Crippen LogP contribution >= 0.6 is 0 Å². The Morgan fingerprint density at radius 2 is 1.94 bits per heavy atom. The molecule has 0 fully saturated rings. The van der Waals surface area contributed by atoms with E-state index >= 15 is 0 Å². The van der Waals surface area contributed by atoms with Gasteiger partial charge in [0, 0.05) is 12.5 Å².